The van der Waals surface area contributed by atoms with Gasteiger partial charge in [-0.1, -0.05) is 59.6 Å². The molecule has 0 bridgehead atoms. The quantitative estimate of drug-likeness (QED) is 0.363. The van der Waals surface area contributed by atoms with Gasteiger partial charge in [0.05, 0.1) is 21.2 Å². The zero-order valence-corrected chi connectivity index (χ0v) is 21.3. The summed E-state index contributed by atoms with van der Waals surface area (Å²) < 4.78 is 68.0. The van der Waals surface area contributed by atoms with Crippen LogP contribution in [0.15, 0.2) is 77.7 Å². The van der Waals surface area contributed by atoms with Crippen LogP contribution in [0.5, 0.6) is 0 Å². The summed E-state index contributed by atoms with van der Waals surface area (Å²) in [6.45, 7) is 2.85. The molecule has 192 valence electrons. The second-order valence-electron chi connectivity index (χ2n) is 8.48. The van der Waals surface area contributed by atoms with Crippen LogP contribution in [0, 0.1) is 6.92 Å². The van der Waals surface area contributed by atoms with E-state index in [9.17, 15) is 26.4 Å². The number of hydrogen-bond donors (Lipinski definition) is 1. The highest BCUT2D eigenvalue weighted by atomic mass is 35.5. The van der Waals surface area contributed by atoms with Gasteiger partial charge >= 0.3 is 6.18 Å². The standard InChI is InChI=1S/C26H26ClF3N2O3S/c1-18-8-13-22(14-9-18)36(34,35)32(21-12-15-24(27)23(16-21)26(28,29)30)17-25(33)31-19(2)10-11-20-6-4-3-5-7-20/h3-9,12-16,19H,10-11,17H2,1-2H3,(H,31,33)/t19-/m0/s1. The Kier molecular flexibility index (Phi) is 8.68. The van der Waals surface area contributed by atoms with Gasteiger partial charge < -0.3 is 5.32 Å². The van der Waals surface area contributed by atoms with E-state index in [1.54, 1.807) is 26.0 Å². The fourth-order valence-electron chi connectivity index (χ4n) is 3.59. The normalized spacial score (nSPS) is 12.7. The molecule has 0 saturated heterocycles. The molecule has 0 radical (unpaired) electrons. The van der Waals surface area contributed by atoms with Crippen molar-refractivity contribution >= 4 is 33.2 Å². The summed E-state index contributed by atoms with van der Waals surface area (Å²) in [5.41, 5.74) is 0.376. The fraction of sp³-hybridized carbons (Fsp3) is 0.269. The summed E-state index contributed by atoms with van der Waals surface area (Å²) in [7, 11) is -4.37. The zero-order valence-electron chi connectivity index (χ0n) is 19.7. The smallest absolute Gasteiger partial charge is 0.352 e. The van der Waals surface area contributed by atoms with Crippen molar-refractivity contribution in [2.24, 2.45) is 0 Å². The van der Waals surface area contributed by atoms with Crippen LogP contribution in [0.4, 0.5) is 18.9 Å². The molecule has 0 aromatic heterocycles. The minimum atomic E-state index is -4.80. The van der Waals surface area contributed by atoms with Gasteiger partial charge in [-0.3, -0.25) is 9.10 Å². The first-order valence-corrected chi connectivity index (χ1v) is 13.0. The van der Waals surface area contributed by atoms with E-state index in [1.807, 2.05) is 30.3 Å². The molecule has 3 aromatic rings. The molecular formula is C26H26ClF3N2O3S. The van der Waals surface area contributed by atoms with E-state index in [0.717, 1.165) is 23.3 Å². The van der Waals surface area contributed by atoms with E-state index in [4.69, 9.17) is 11.6 Å². The van der Waals surface area contributed by atoms with Crippen molar-refractivity contribution in [3.8, 4) is 0 Å². The van der Waals surface area contributed by atoms with Crippen LogP contribution in [-0.4, -0.2) is 26.9 Å². The lowest BCUT2D eigenvalue weighted by Crippen LogP contribution is -2.43. The second-order valence-corrected chi connectivity index (χ2v) is 10.7. The number of aryl methyl sites for hydroxylation is 2. The molecule has 5 nitrogen and oxygen atoms in total. The average Bonchev–Trinajstić information content (AvgIpc) is 2.82. The lowest BCUT2D eigenvalue weighted by molar-refractivity contribution is -0.137. The van der Waals surface area contributed by atoms with E-state index in [1.165, 1.54) is 12.1 Å². The number of carbonyl (C=O) groups excluding carboxylic acids is 1. The zero-order chi connectivity index (χ0) is 26.5. The summed E-state index contributed by atoms with van der Waals surface area (Å²) in [6.07, 6.45) is -3.51. The van der Waals surface area contributed by atoms with Gasteiger partial charge in [-0.2, -0.15) is 13.2 Å². The molecule has 3 aromatic carbocycles. The van der Waals surface area contributed by atoms with Gasteiger partial charge in [0.2, 0.25) is 5.91 Å². The van der Waals surface area contributed by atoms with Crippen LogP contribution in [0.3, 0.4) is 0 Å². The van der Waals surface area contributed by atoms with Crippen LogP contribution >= 0.6 is 11.6 Å². The second kappa shape index (κ2) is 11.3. The largest absolute Gasteiger partial charge is 0.417 e. The third-order valence-corrected chi connectivity index (χ3v) is 7.67. The maximum Gasteiger partial charge on any atom is 0.417 e. The number of hydrogen-bond acceptors (Lipinski definition) is 3. The highest BCUT2D eigenvalue weighted by Gasteiger charge is 2.35. The Morgan fingerprint density at radius 3 is 2.28 bits per heavy atom. The van der Waals surface area contributed by atoms with Gasteiger partial charge in [-0.05, 0) is 62.6 Å². The third-order valence-electron chi connectivity index (χ3n) is 5.56. The van der Waals surface area contributed by atoms with Gasteiger partial charge in [0.1, 0.15) is 6.54 Å². The number of amides is 1. The van der Waals surface area contributed by atoms with E-state index in [2.05, 4.69) is 5.32 Å². The van der Waals surface area contributed by atoms with E-state index >= 15 is 0 Å². The number of rotatable bonds is 9. The lowest BCUT2D eigenvalue weighted by atomic mass is 10.1. The Morgan fingerprint density at radius 2 is 1.67 bits per heavy atom. The van der Waals surface area contributed by atoms with E-state index in [0.29, 0.717) is 23.2 Å². The van der Waals surface area contributed by atoms with Crippen molar-refractivity contribution in [1.82, 2.24) is 5.32 Å². The van der Waals surface area contributed by atoms with Crippen molar-refractivity contribution in [2.75, 3.05) is 10.8 Å². The van der Waals surface area contributed by atoms with Gasteiger partial charge in [0.25, 0.3) is 10.0 Å². The predicted octanol–water partition coefficient (Wildman–Crippen LogP) is 6.00. The minimum absolute atomic E-state index is 0.151. The average molecular weight is 539 g/mol. The molecule has 0 saturated carbocycles. The maximum absolute atomic E-state index is 13.5. The van der Waals surface area contributed by atoms with Crippen LogP contribution in [0.1, 0.15) is 30.0 Å². The lowest BCUT2D eigenvalue weighted by Gasteiger charge is -2.26. The van der Waals surface area contributed by atoms with Crippen molar-refractivity contribution < 1.29 is 26.4 Å². The third kappa shape index (κ3) is 7.01. The monoisotopic (exact) mass is 538 g/mol. The molecule has 0 fully saturated rings. The molecule has 1 atom stereocenters. The van der Waals surface area contributed by atoms with Gasteiger partial charge in [0, 0.05) is 6.04 Å². The van der Waals surface area contributed by atoms with Crippen LogP contribution in [-0.2, 0) is 27.4 Å². The van der Waals surface area contributed by atoms with Crippen molar-refractivity contribution in [3.05, 3.63) is 94.5 Å². The Hall–Kier alpha value is -3.04. The Morgan fingerprint density at radius 1 is 1.03 bits per heavy atom. The van der Waals surface area contributed by atoms with Gasteiger partial charge in [-0.15, -0.1) is 0 Å². The van der Waals surface area contributed by atoms with Gasteiger partial charge in [-0.25, -0.2) is 8.42 Å². The van der Waals surface area contributed by atoms with Crippen molar-refractivity contribution in [1.29, 1.82) is 0 Å². The summed E-state index contributed by atoms with van der Waals surface area (Å²) in [5, 5.41) is 2.17. The molecule has 0 aliphatic carbocycles. The molecule has 36 heavy (non-hydrogen) atoms. The molecule has 0 spiro atoms. The molecule has 10 heteroatoms. The van der Waals surface area contributed by atoms with Crippen LogP contribution in [0.2, 0.25) is 5.02 Å². The SMILES string of the molecule is Cc1ccc(S(=O)(=O)N(CC(=O)N[C@@H](C)CCc2ccccc2)c2ccc(Cl)c(C(F)(F)F)c2)cc1. The fourth-order valence-corrected chi connectivity index (χ4v) is 5.23. The number of benzene rings is 3. The summed E-state index contributed by atoms with van der Waals surface area (Å²) in [6, 6.07) is 17.9. The Balaban J connectivity index is 1.88. The van der Waals surface area contributed by atoms with Crippen molar-refractivity contribution in [2.45, 2.75) is 43.8 Å². The Labute approximate surface area is 213 Å². The first-order valence-electron chi connectivity index (χ1n) is 11.2. The molecule has 0 aliphatic heterocycles. The summed E-state index contributed by atoms with van der Waals surface area (Å²) in [5.74, 6) is -0.644. The van der Waals surface area contributed by atoms with Crippen LogP contribution < -0.4 is 9.62 Å². The molecule has 1 N–H and O–H groups in total. The predicted molar refractivity (Wildman–Crippen MR) is 135 cm³/mol. The molecule has 3 rings (SSSR count). The summed E-state index contributed by atoms with van der Waals surface area (Å²) >= 11 is 5.73. The van der Waals surface area contributed by atoms with E-state index in [-0.39, 0.29) is 16.6 Å². The number of anilines is 1. The number of nitrogens with one attached hydrogen (secondary N) is 1. The molecule has 0 unspecified atom stereocenters. The maximum atomic E-state index is 13.5. The molecule has 0 aliphatic rings. The highest BCUT2D eigenvalue weighted by Crippen LogP contribution is 2.38. The minimum Gasteiger partial charge on any atom is -0.352 e. The van der Waals surface area contributed by atoms with Gasteiger partial charge in [0.15, 0.2) is 0 Å². The first kappa shape index (κ1) is 27.5. The number of carbonyl (C=O) groups is 1. The molecular weight excluding hydrogens is 513 g/mol. The van der Waals surface area contributed by atoms with E-state index < -0.39 is 39.2 Å². The molecule has 1 amide bonds. The summed E-state index contributed by atoms with van der Waals surface area (Å²) in [4.78, 5) is 12.7. The number of halogens is 4. The number of alkyl halides is 3. The number of sulfonamides is 1. The topological polar surface area (TPSA) is 66.5 Å². The first-order chi connectivity index (χ1) is 16.9. The highest BCUT2D eigenvalue weighted by molar-refractivity contribution is 7.92. The van der Waals surface area contributed by atoms with Crippen molar-refractivity contribution in [3.63, 3.8) is 0 Å². The number of nitrogens with zero attached hydrogens (tertiary/aromatic N) is 1. The van der Waals surface area contributed by atoms with Crippen LogP contribution in [0.25, 0.3) is 0 Å². The Bertz CT molecular complexity index is 1300. The molecule has 0 heterocycles.